The van der Waals surface area contributed by atoms with Crippen LogP contribution < -0.4 is 5.32 Å². The highest BCUT2D eigenvalue weighted by molar-refractivity contribution is 6.65. The molecule has 0 radical (unpaired) electrons. The van der Waals surface area contributed by atoms with Crippen molar-refractivity contribution in [2.75, 3.05) is 0 Å². The van der Waals surface area contributed by atoms with Crippen LogP contribution in [0.2, 0.25) is 0 Å². The van der Waals surface area contributed by atoms with E-state index in [1.54, 1.807) is 20.0 Å². The third kappa shape index (κ3) is 4.27. The Labute approximate surface area is 141 Å². The van der Waals surface area contributed by atoms with Gasteiger partial charge in [-0.05, 0) is 51.9 Å². The van der Waals surface area contributed by atoms with Crippen LogP contribution in [0.15, 0.2) is 6.20 Å². The molecule has 132 valence electrons. The number of amides is 1. The molecule has 1 unspecified atom stereocenters. The average molecular weight is 335 g/mol. The van der Waals surface area contributed by atoms with E-state index in [4.69, 9.17) is 10.8 Å². The monoisotopic (exact) mass is 335 g/mol. The van der Waals surface area contributed by atoms with Crippen LogP contribution in [0.1, 0.15) is 63.5 Å². The average Bonchev–Trinajstić information content (AvgIpc) is 2.97. The van der Waals surface area contributed by atoms with E-state index in [9.17, 15) is 9.18 Å². The number of hydrogen-bond acceptors (Lipinski definition) is 4. The number of hydrogen-bond donors (Lipinski definition) is 4. The summed E-state index contributed by atoms with van der Waals surface area (Å²) in [5.74, 6) is 0.265. The van der Waals surface area contributed by atoms with Crippen molar-refractivity contribution in [3.8, 4) is 0 Å². The van der Waals surface area contributed by atoms with Gasteiger partial charge in [-0.15, -0.1) is 0 Å². The molecule has 1 amide bonds. The van der Waals surface area contributed by atoms with Crippen molar-refractivity contribution in [1.82, 2.24) is 15.3 Å². The lowest BCUT2D eigenvalue weighted by molar-refractivity contribution is -0.116. The molecular weight excluding hydrogens is 309 g/mol. The molecule has 4 N–H and O–H groups in total. The maximum Gasteiger partial charge on any atom is 0.271 e. The first kappa shape index (κ1) is 18.3. The second-order valence-corrected chi connectivity index (χ2v) is 6.83. The zero-order chi connectivity index (χ0) is 17.9. The number of nitrogens with zero attached hydrogens (tertiary/aromatic N) is 1. The molecule has 1 aliphatic carbocycles. The fourth-order valence-corrected chi connectivity index (χ4v) is 3.15. The Morgan fingerprint density at radius 1 is 1.50 bits per heavy atom. The summed E-state index contributed by atoms with van der Waals surface area (Å²) in [6.07, 6.45) is 4.25. The lowest BCUT2D eigenvalue weighted by Gasteiger charge is -2.35. The molecule has 1 aromatic rings. The summed E-state index contributed by atoms with van der Waals surface area (Å²) in [5, 5.41) is 18.3. The Bertz CT molecular complexity index is 627. The summed E-state index contributed by atoms with van der Waals surface area (Å²) in [6, 6.07) is -0.347. The number of alkyl halides is 1. The molecule has 1 atom stereocenters. The molecule has 0 aromatic carbocycles. The van der Waals surface area contributed by atoms with Gasteiger partial charge < -0.3 is 15.7 Å². The molecule has 24 heavy (non-hydrogen) atoms. The van der Waals surface area contributed by atoms with Crippen molar-refractivity contribution in [2.24, 2.45) is 5.92 Å². The molecule has 1 heterocycles. The molecule has 0 saturated heterocycles. The number of nitrogens with one attached hydrogen (secondary N) is 4. The van der Waals surface area contributed by atoms with Gasteiger partial charge in [0.05, 0.1) is 23.6 Å². The van der Waals surface area contributed by atoms with Crippen molar-refractivity contribution in [2.45, 2.75) is 64.6 Å². The Morgan fingerprint density at radius 2 is 2.12 bits per heavy atom. The number of imidazole rings is 1. The van der Waals surface area contributed by atoms with E-state index >= 15 is 0 Å². The highest BCUT2D eigenvalue weighted by Crippen LogP contribution is 2.40. The summed E-state index contributed by atoms with van der Waals surface area (Å²) >= 11 is 0. The Morgan fingerprint density at radius 3 is 2.62 bits per heavy atom. The van der Waals surface area contributed by atoms with Gasteiger partial charge in [0.25, 0.3) is 5.91 Å². The fraction of sp³-hybridized carbons (Fsp3) is 0.647. The molecule has 0 spiro atoms. The lowest BCUT2D eigenvalue weighted by atomic mass is 9.77. The molecule has 2 rings (SSSR count). The van der Waals surface area contributed by atoms with Gasteiger partial charge in [-0.1, -0.05) is 6.92 Å². The van der Waals surface area contributed by atoms with Crippen molar-refractivity contribution in [1.29, 1.82) is 10.8 Å². The standard InChI is InChI=1S/C17H26FN5O/c1-4-12(19)14(20)16(24)23-15(13-9-21-10(2)22-13)11-5-7-17(3,18)8-6-11/h9,11,15,19-20H,4-8H2,1-3H3,(H,21,22)(H,23,24). The zero-order valence-electron chi connectivity index (χ0n) is 14.5. The highest BCUT2D eigenvalue weighted by Gasteiger charge is 2.36. The molecule has 0 aliphatic heterocycles. The Balaban J connectivity index is 2.17. The summed E-state index contributed by atoms with van der Waals surface area (Å²) < 4.78 is 14.1. The SMILES string of the molecule is CCC(=N)C(=N)C(=O)NC(c1cnc(C)[nH]1)C1CCC(C)(F)CC1. The number of aromatic nitrogens is 2. The third-order valence-corrected chi connectivity index (χ3v) is 4.77. The topological polar surface area (TPSA) is 105 Å². The summed E-state index contributed by atoms with van der Waals surface area (Å²) in [6.45, 7) is 5.19. The second kappa shape index (κ2) is 7.23. The molecule has 7 heteroatoms. The Kier molecular flexibility index (Phi) is 5.51. The van der Waals surface area contributed by atoms with Crippen molar-refractivity contribution >= 4 is 17.3 Å². The number of rotatable bonds is 6. The van der Waals surface area contributed by atoms with Gasteiger partial charge in [-0.25, -0.2) is 9.37 Å². The molecule has 1 aromatic heterocycles. The van der Waals surface area contributed by atoms with Gasteiger partial charge in [0.2, 0.25) is 0 Å². The van der Waals surface area contributed by atoms with E-state index in [0.717, 1.165) is 11.5 Å². The van der Waals surface area contributed by atoms with Crippen LogP contribution in [0.25, 0.3) is 0 Å². The number of carbonyl (C=O) groups is 1. The van der Waals surface area contributed by atoms with E-state index < -0.39 is 11.6 Å². The third-order valence-electron chi connectivity index (χ3n) is 4.77. The van der Waals surface area contributed by atoms with Crippen molar-refractivity contribution in [3.05, 3.63) is 17.7 Å². The van der Waals surface area contributed by atoms with Gasteiger partial charge in [-0.2, -0.15) is 0 Å². The maximum absolute atomic E-state index is 14.1. The fourth-order valence-electron chi connectivity index (χ4n) is 3.15. The predicted molar refractivity (Wildman–Crippen MR) is 91.4 cm³/mol. The lowest BCUT2D eigenvalue weighted by Crippen LogP contribution is -2.42. The summed E-state index contributed by atoms with van der Waals surface area (Å²) in [4.78, 5) is 19.6. The molecule has 1 saturated carbocycles. The van der Waals surface area contributed by atoms with Gasteiger partial charge >= 0.3 is 0 Å². The van der Waals surface area contributed by atoms with Gasteiger partial charge in [0.1, 0.15) is 17.2 Å². The molecule has 1 fully saturated rings. The molecule has 6 nitrogen and oxygen atoms in total. The maximum atomic E-state index is 14.1. The number of halogens is 1. The van der Waals surface area contributed by atoms with Gasteiger partial charge in [0, 0.05) is 0 Å². The first-order chi connectivity index (χ1) is 11.2. The number of aromatic amines is 1. The van der Waals surface area contributed by atoms with Crippen LogP contribution in [0.5, 0.6) is 0 Å². The van der Waals surface area contributed by atoms with Crippen LogP contribution in [0.4, 0.5) is 4.39 Å². The van der Waals surface area contributed by atoms with Crippen LogP contribution in [0, 0.1) is 23.7 Å². The summed E-state index contributed by atoms with van der Waals surface area (Å²) in [7, 11) is 0. The van der Waals surface area contributed by atoms with Gasteiger partial charge in [-0.3, -0.25) is 10.2 Å². The second-order valence-electron chi connectivity index (χ2n) is 6.83. The van der Waals surface area contributed by atoms with E-state index in [0.29, 0.717) is 32.1 Å². The van der Waals surface area contributed by atoms with Crippen LogP contribution in [-0.4, -0.2) is 33.0 Å². The van der Waals surface area contributed by atoms with Crippen LogP contribution in [0.3, 0.4) is 0 Å². The normalized spacial score (nSPS) is 25.1. The predicted octanol–water partition coefficient (Wildman–Crippen LogP) is 3.24. The van der Waals surface area contributed by atoms with Crippen LogP contribution >= 0.6 is 0 Å². The van der Waals surface area contributed by atoms with Gasteiger partial charge in [0.15, 0.2) is 0 Å². The van der Waals surface area contributed by atoms with Crippen LogP contribution in [-0.2, 0) is 4.79 Å². The minimum Gasteiger partial charge on any atom is -0.344 e. The first-order valence-corrected chi connectivity index (χ1v) is 8.41. The largest absolute Gasteiger partial charge is 0.344 e. The summed E-state index contributed by atoms with van der Waals surface area (Å²) in [5.41, 5.74) is -0.688. The highest BCUT2D eigenvalue weighted by atomic mass is 19.1. The van der Waals surface area contributed by atoms with Crippen molar-refractivity contribution in [3.63, 3.8) is 0 Å². The minimum absolute atomic E-state index is 0.00650. The van der Waals surface area contributed by atoms with Crippen molar-refractivity contribution < 1.29 is 9.18 Å². The van der Waals surface area contributed by atoms with E-state index in [-0.39, 0.29) is 23.4 Å². The quantitative estimate of drug-likeness (QED) is 0.599. The number of H-pyrrole nitrogens is 1. The van der Waals surface area contributed by atoms with E-state index in [2.05, 4.69) is 15.3 Å². The molecule has 0 bridgehead atoms. The Hall–Kier alpha value is -2.05. The number of aryl methyl sites for hydroxylation is 1. The smallest absolute Gasteiger partial charge is 0.271 e. The minimum atomic E-state index is -1.15. The molecular formula is C17H26FN5O. The first-order valence-electron chi connectivity index (χ1n) is 8.41. The molecule has 1 aliphatic rings. The number of carbonyl (C=O) groups excluding carboxylic acids is 1. The van der Waals surface area contributed by atoms with E-state index in [1.165, 1.54) is 0 Å². The zero-order valence-corrected chi connectivity index (χ0v) is 14.5. The van der Waals surface area contributed by atoms with E-state index in [1.807, 2.05) is 6.92 Å².